The molecule has 104 valence electrons. The molecule has 1 fully saturated rings. The second-order valence-corrected chi connectivity index (χ2v) is 25.5. The molecule has 0 aromatic heterocycles. The summed E-state index contributed by atoms with van der Waals surface area (Å²) in [6.07, 6.45) is 0. The van der Waals surface area contributed by atoms with E-state index in [1.54, 1.807) is 46.3 Å². The van der Waals surface area contributed by atoms with Gasteiger partial charge in [0.05, 0.1) is 8.88 Å². The second kappa shape index (κ2) is 5.35. The first-order chi connectivity index (χ1) is 9.41. The van der Waals surface area contributed by atoms with Crippen molar-refractivity contribution in [3.05, 3.63) is 48.5 Å². The Morgan fingerprint density at radius 1 is 0.650 bits per heavy atom. The topological polar surface area (TPSA) is 40.5 Å². The molecule has 1 aliphatic rings. The molecule has 2 nitrogen and oxygen atoms in total. The van der Waals surface area contributed by atoms with Crippen LogP contribution >= 0.6 is 30.9 Å². The molecule has 0 bridgehead atoms. The molecule has 0 radical (unpaired) electrons. The monoisotopic (exact) mass is 376 g/mol. The van der Waals surface area contributed by atoms with Gasteiger partial charge in [-0.2, -0.15) is 0 Å². The first-order valence-electron chi connectivity index (χ1n) is 5.63. The third-order valence-electron chi connectivity index (χ3n) is 2.76. The number of benzene rings is 2. The third kappa shape index (κ3) is 2.70. The molecule has 0 aliphatic carbocycles. The van der Waals surface area contributed by atoms with Gasteiger partial charge in [0.2, 0.25) is 0 Å². The van der Waals surface area contributed by atoms with Gasteiger partial charge in [0.1, 0.15) is 11.5 Å². The normalized spacial score (nSPS) is 28.8. The zero-order chi connectivity index (χ0) is 14.4. The van der Waals surface area contributed by atoms with E-state index >= 15 is 0 Å². The highest BCUT2D eigenvalue weighted by Gasteiger charge is 2.45. The number of hydrogen-bond donors (Lipinski definition) is 2. The predicted octanol–water partition coefficient (Wildman–Crippen LogP) is 4.15. The number of rotatable bonds is 2. The van der Waals surface area contributed by atoms with Crippen LogP contribution in [0.25, 0.3) is 0 Å². The van der Waals surface area contributed by atoms with Gasteiger partial charge in [-0.05, 0) is 48.5 Å². The van der Waals surface area contributed by atoms with E-state index in [0.717, 1.165) is 10.6 Å². The first-order valence-corrected chi connectivity index (χ1v) is 15.3. The van der Waals surface area contributed by atoms with Gasteiger partial charge in [-0.25, -0.2) is 0 Å². The lowest BCUT2D eigenvalue weighted by molar-refractivity contribution is 0.475. The van der Waals surface area contributed by atoms with Crippen LogP contribution < -0.4 is 10.6 Å². The quantitative estimate of drug-likeness (QED) is 0.768. The molecular formula is C12H10O2P2S4. The van der Waals surface area contributed by atoms with E-state index in [9.17, 15) is 10.2 Å². The standard InChI is InChI=1S/C12H10O2P2S4/c13-9-1-5-11(6-2-9)15(17)19-16(18,20-15)12-7-3-10(14)4-8-12/h1-8,13-14H. The Hall–Kier alpha value is 0.0400. The highest BCUT2D eigenvalue weighted by molar-refractivity contribution is 9.48. The lowest BCUT2D eigenvalue weighted by Gasteiger charge is -2.40. The molecule has 1 aliphatic heterocycles. The van der Waals surface area contributed by atoms with Crippen molar-refractivity contribution in [2.45, 2.75) is 0 Å². The number of phenolic OH excluding ortho intramolecular Hbond substituents is 2. The SMILES string of the molecule is Oc1ccc(P2(=S)SP(=S)(c3ccc(O)cc3)S2)cc1. The molecule has 0 amide bonds. The Kier molecular flexibility index (Phi) is 4.00. The largest absolute Gasteiger partial charge is 0.508 e. The van der Waals surface area contributed by atoms with E-state index in [1.807, 2.05) is 24.3 Å². The highest BCUT2D eigenvalue weighted by atomic mass is 33.7. The maximum Gasteiger partial charge on any atom is 0.115 e. The third-order valence-corrected chi connectivity index (χ3v) is 34.0. The van der Waals surface area contributed by atoms with Crippen LogP contribution in [-0.2, 0) is 23.6 Å². The fourth-order valence-electron chi connectivity index (χ4n) is 1.75. The molecule has 1 heterocycles. The van der Waals surface area contributed by atoms with Gasteiger partial charge in [-0.3, -0.25) is 0 Å². The van der Waals surface area contributed by atoms with Crippen LogP contribution in [0.5, 0.6) is 11.5 Å². The van der Waals surface area contributed by atoms with Crippen LogP contribution in [0.3, 0.4) is 0 Å². The van der Waals surface area contributed by atoms with E-state index in [4.69, 9.17) is 23.6 Å². The van der Waals surface area contributed by atoms with Crippen molar-refractivity contribution in [1.29, 1.82) is 0 Å². The number of phenols is 2. The molecule has 0 saturated carbocycles. The maximum atomic E-state index is 9.35. The summed E-state index contributed by atoms with van der Waals surface area (Å²) < 4.78 is -3.45. The summed E-state index contributed by atoms with van der Waals surface area (Å²) >= 11 is 15.1. The Balaban J connectivity index is 1.86. The predicted molar refractivity (Wildman–Crippen MR) is 99.2 cm³/mol. The van der Waals surface area contributed by atoms with Gasteiger partial charge in [-0.1, -0.05) is 45.6 Å². The van der Waals surface area contributed by atoms with Crippen LogP contribution in [0.1, 0.15) is 0 Å². The molecule has 8 heteroatoms. The summed E-state index contributed by atoms with van der Waals surface area (Å²) in [7, 11) is 0. The van der Waals surface area contributed by atoms with E-state index in [1.165, 1.54) is 0 Å². The van der Waals surface area contributed by atoms with Crippen molar-refractivity contribution in [1.82, 2.24) is 0 Å². The van der Waals surface area contributed by atoms with E-state index in [2.05, 4.69) is 0 Å². The van der Waals surface area contributed by atoms with Gasteiger partial charge in [0.25, 0.3) is 0 Å². The summed E-state index contributed by atoms with van der Waals surface area (Å²) in [4.78, 5) is 0. The summed E-state index contributed by atoms with van der Waals surface area (Å²) in [6, 6.07) is 14.3. The van der Waals surface area contributed by atoms with Gasteiger partial charge < -0.3 is 10.2 Å². The minimum absolute atomic E-state index is 0.254. The minimum Gasteiger partial charge on any atom is -0.508 e. The Morgan fingerprint density at radius 2 is 0.950 bits per heavy atom. The molecule has 0 unspecified atom stereocenters. The average molecular weight is 376 g/mol. The molecule has 0 spiro atoms. The van der Waals surface area contributed by atoms with E-state index in [-0.39, 0.29) is 11.5 Å². The van der Waals surface area contributed by atoms with Gasteiger partial charge >= 0.3 is 0 Å². The summed E-state index contributed by atoms with van der Waals surface area (Å²) in [5, 5.41) is 20.9. The lowest BCUT2D eigenvalue weighted by atomic mass is 10.3. The van der Waals surface area contributed by atoms with Crippen LogP contribution in [0, 0.1) is 0 Å². The molecule has 20 heavy (non-hydrogen) atoms. The van der Waals surface area contributed by atoms with Crippen molar-refractivity contribution < 1.29 is 10.2 Å². The van der Waals surface area contributed by atoms with Gasteiger partial charge in [-0.15, -0.1) is 0 Å². The summed E-state index contributed by atoms with van der Waals surface area (Å²) in [6.45, 7) is 0. The Labute approximate surface area is 135 Å². The van der Waals surface area contributed by atoms with Crippen molar-refractivity contribution in [3.8, 4) is 11.5 Å². The molecule has 1 saturated heterocycles. The second-order valence-electron chi connectivity index (χ2n) is 4.19. The summed E-state index contributed by atoms with van der Waals surface area (Å²) in [5.74, 6) is 0.507. The maximum absolute atomic E-state index is 9.35. The molecule has 0 atom stereocenters. The molecule has 3 rings (SSSR count). The van der Waals surface area contributed by atoms with Crippen molar-refractivity contribution >= 4 is 65.1 Å². The van der Waals surface area contributed by atoms with Crippen LogP contribution in [0.15, 0.2) is 48.5 Å². The Bertz CT molecular complexity index is 666. The van der Waals surface area contributed by atoms with E-state index < -0.39 is 8.88 Å². The van der Waals surface area contributed by atoms with Crippen LogP contribution in [0.4, 0.5) is 0 Å². The Morgan fingerprint density at radius 3 is 1.25 bits per heavy atom. The van der Waals surface area contributed by atoms with Crippen molar-refractivity contribution in [3.63, 3.8) is 0 Å². The van der Waals surface area contributed by atoms with Crippen molar-refractivity contribution in [2.75, 3.05) is 0 Å². The van der Waals surface area contributed by atoms with E-state index in [0.29, 0.717) is 0 Å². The lowest BCUT2D eigenvalue weighted by Crippen LogP contribution is -2.08. The summed E-state index contributed by atoms with van der Waals surface area (Å²) in [5.41, 5.74) is 0. The van der Waals surface area contributed by atoms with Gasteiger partial charge in [0, 0.05) is 10.6 Å². The first kappa shape index (κ1) is 15.0. The molecular weight excluding hydrogens is 366 g/mol. The smallest absolute Gasteiger partial charge is 0.115 e. The minimum atomic E-state index is -1.73. The average Bonchev–Trinajstić information content (AvgIpc) is 2.38. The van der Waals surface area contributed by atoms with Gasteiger partial charge in [0.15, 0.2) is 0 Å². The van der Waals surface area contributed by atoms with Crippen LogP contribution in [-0.4, -0.2) is 10.2 Å². The fraction of sp³-hybridized carbons (Fsp3) is 0. The van der Waals surface area contributed by atoms with Crippen LogP contribution in [0.2, 0.25) is 0 Å². The molecule has 2 N–H and O–H groups in total. The number of aromatic hydroxyl groups is 2. The fourth-order valence-corrected chi connectivity index (χ4v) is 44.0. The zero-order valence-corrected chi connectivity index (χ0v) is 15.1. The zero-order valence-electron chi connectivity index (χ0n) is 10.0. The number of hydrogen-bond acceptors (Lipinski definition) is 6. The molecule has 2 aromatic rings. The highest BCUT2D eigenvalue weighted by Crippen LogP contribution is 3.04. The van der Waals surface area contributed by atoms with Crippen molar-refractivity contribution in [2.24, 2.45) is 0 Å². The molecule has 2 aromatic carbocycles.